The van der Waals surface area contributed by atoms with Crippen LogP contribution < -0.4 is 10.1 Å². The SMILES string of the molecule is CC(C)c1[nH]nc(C(=O)Nc2cccc(Oc3cnccn3)c2)c1Br. The molecule has 7 nitrogen and oxygen atoms in total. The molecule has 0 aliphatic heterocycles. The van der Waals surface area contributed by atoms with Crippen molar-refractivity contribution in [2.24, 2.45) is 0 Å². The highest BCUT2D eigenvalue weighted by molar-refractivity contribution is 9.10. The van der Waals surface area contributed by atoms with Crippen molar-refractivity contribution in [3.63, 3.8) is 0 Å². The van der Waals surface area contributed by atoms with Gasteiger partial charge in [-0.15, -0.1) is 0 Å². The number of carbonyl (C=O) groups is 1. The van der Waals surface area contributed by atoms with E-state index in [2.05, 4.69) is 41.4 Å². The van der Waals surface area contributed by atoms with Crippen LogP contribution in [0.1, 0.15) is 35.9 Å². The maximum atomic E-state index is 12.5. The van der Waals surface area contributed by atoms with Gasteiger partial charge < -0.3 is 10.1 Å². The summed E-state index contributed by atoms with van der Waals surface area (Å²) in [5.41, 5.74) is 1.78. The predicted molar refractivity (Wildman–Crippen MR) is 96.9 cm³/mol. The van der Waals surface area contributed by atoms with Crippen LogP contribution in [0.3, 0.4) is 0 Å². The third-order valence-corrected chi connectivity index (χ3v) is 4.18. The Balaban J connectivity index is 1.75. The van der Waals surface area contributed by atoms with Crippen molar-refractivity contribution in [1.82, 2.24) is 20.2 Å². The number of nitrogens with one attached hydrogen (secondary N) is 2. The summed E-state index contributed by atoms with van der Waals surface area (Å²) in [5, 5.41) is 9.79. The molecule has 2 heterocycles. The number of nitrogens with zero attached hydrogens (tertiary/aromatic N) is 3. The van der Waals surface area contributed by atoms with E-state index in [-0.39, 0.29) is 11.8 Å². The molecule has 0 saturated heterocycles. The minimum atomic E-state index is -0.313. The zero-order valence-corrected chi connectivity index (χ0v) is 15.2. The molecule has 25 heavy (non-hydrogen) atoms. The van der Waals surface area contributed by atoms with Gasteiger partial charge in [-0.25, -0.2) is 4.98 Å². The van der Waals surface area contributed by atoms with E-state index in [0.717, 1.165) is 5.69 Å². The van der Waals surface area contributed by atoms with E-state index in [9.17, 15) is 4.79 Å². The van der Waals surface area contributed by atoms with E-state index in [1.807, 2.05) is 13.8 Å². The number of amides is 1. The molecule has 3 aromatic rings. The van der Waals surface area contributed by atoms with Crippen LogP contribution in [0.25, 0.3) is 0 Å². The number of anilines is 1. The first kappa shape index (κ1) is 17.1. The first-order chi connectivity index (χ1) is 12.0. The highest BCUT2D eigenvalue weighted by atomic mass is 79.9. The van der Waals surface area contributed by atoms with Gasteiger partial charge in [-0.1, -0.05) is 19.9 Å². The predicted octanol–water partition coefficient (Wildman–Crippen LogP) is 4.13. The molecule has 2 N–H and O–H groups in total. The Labute approximate surface area is 153 Å². The fraction of sp³-hybridized carbons (Fsp3) is 0.176. The number of rotatable bonds is 5. The molecule has 0 radical (unpaired) electrons. The molecule has 0 aliphatic rings. The minimum Gasteiger partial charge on any atom is -0.437 e. The van der Waals surface area contributed by atoms with Crippen molar-refractivity contribution in [2.75, 3.05) is 5.32 Å². The van der Waals surface area contributed by atoms with Crippen LogP contribution in [0.2, 0.25) is 0 Å². The molecule has 0 bridgehead atoms. The van der Waals surface area contributed by atoms with Gasteiger partial charge >= 0.3 is 0 Å². The monoisotopic (exact) mass is 401 g/mol. The fourth-order valence-corrected chi connectivity index (χ4v) is 2.98. The Kier molecular flexibility index (Phi) is 5.08. The molecular formula is C17H16BrN5O2. The van der Waals surface area contributed by atoms with E-state index < -0.39 is 0 Å². The summed E-state index contributed by atoms with van der Waals surface area (Å²) < 4.78 is 6.28. The second-order valence-electron chi connectivity index (χ2n) is 5.58. The first-order valence-corrected chi connectivity index (χ1v) is 8.43. The highest BCUT2D eigenvalue weighted by Crippen LogP contribution is 2.27. The molecule has 0 aliphatic carbocycles. The lowest BCUT2D eigenvalue weighted by molar-refractivity contribution is 0.102. The van der Waals surface area contributed by atoms with Gasteiger partial charge in [0, 0.05) is 24.1 Å². The van der Waals surface area contributed by atoms with Crippen LogP contribution in [0.15, 0.2) is 47.3 Å². The van der Waals surface area contributed by atoms with Crippen molar-refractivity contribution in [3.8, 4) is 11.6 Å². The Morgan fingerprint density at radius 1 is 1.32 bits per heavy atom. The molecule has 8 heteroatoms. The van der Waals surface area contributed by atoms with Crippen molar-refractivity contribution in [3.05, 3.63) is 58.7 Å². The van der Waals surface area contributed by atoms with Crippen LogP contribution in [0, 0.1) is 0 Å². The number of ether oxygens (including phenoxy) is 1. The third kappa shape index (κ3) is 4.03. The third-order valence-electron chi connectivity index (χ3n) is 3.38. The molecule has 1 amide bonds. The number of hydrogen-bond donors (Lipinski definition) is 2. The van der Waals surface area contributed by atoms with E-state index in [1.54, 1.807) is 36.7 Å². The smallest absolute Gasteiger partial charge is 0.277 e. The van der Waals surface area contributed by atoms with Crippen molar-refractivity contribution < 1.29 is 9.53 Å². The average molecular weight is 402 g/mol. The minimum absolute atomic E-state index is 0.229. The molecule has 0 atom stereocenters. The molecule has 1 aromatic carbocycles. The van der Waals surface area contributed by atoms with Gasteiger partial charge in [0.2, 0.25) is 5.88 Å². The Morgan fingerprint density at radius 3 is 2.84 bits per heavy atom. The van der Waals surface area contributed by atoms with Gasteiger partial charge in [-0.05, 0) is 34.0 Å². The van der Waals surface area contributed by atoms with Crippen LogP contribution >= 0.6 is 15.9 Å². The number of halogens is 1. The average Bonchev–Trinajstić information content (AvgIpc) is 2.98. The maximum absolute atomic E-state index is 12.5. The van der Waals surface area contributed by atoms with E-state index in [4.69, 9.17) is 4.74 Å². The van der Waals surface area contributed by atoms with Gasteiger partial charge in [0.25, 0.3) is 5.91 Å². The standard InChI is InChI=1S/C17H16BrN5O2/c1-10(2)15-14(18)16(23-22-15)17(24)21-11-4-3-5-12(8-11)25-13-9-19-6-7-20-13/h3-10H,1-2H3,(H,21,24)(H,22,23). The lowest BCUT2D eigenvalue weighted by Crippen LogP contribution is -2.13. The van der Waals surface area contributed by atoms with E-state index >= 15 is 0 Å². The summed E-state index contributed by atoms with van der Waals surface area (Å²) in [6.45, 7) is 4.04. The van der Waals surface area contributed by atoms with Crippen LogP contribution in [0.4, 0.5) is 5.69 Å². The zero-order valence-electron chi connectivity index (χ0n) is 13.7. The Bertz CT molecular complexity index is 880. The lowest BCUT2D eigenvalue weighted by Gasteiger charge is -2.07. The summed E-state index contributed by atoms with van der Waals surface area (Å²) >= 11 is 3.43. The summed E-state index contributed by atoms with van der Waals surface area (Å²) in [6, 6.07) is 7.02. The number of H-pyrrole nitrogens is 1. The second-order valence-corrected chi connectivity index (χ2v) is 6.38. The van der Waals surface area contributed by atoms with Crippen molar-refractivity contribution in [1.29, 1.82) is 0 Å². The molecule has 2 aromatic heterocycles. The molecule has 0 saturated carbocycles. The number of carbonyl (C=O) groups excluding carboxylic acids is 1. The second kappa shape index (κ2) is 7.43. The largest absolute Gasteiger partial charge is 0.437 e. The highest BCUT2D eigenvalue weighted by Gasteiger charge is 2.19. The summed E-state index contributed by atoms with van der Waals surface area (Å²) in [4.78, 5) is 20.4. The van der Waals surface area contributed by atoms with Gasteiger partial charge in [0.05, 0.1) is 16.4 Å². The summed E-state index contributed by atoms with van der Waals surface area (Å²) in [5.74, 6) is 0.837. The molecule has 128 valence electrons. The number of aromatic nitrogens is 4. The Hall–Kier alpha value is -2.74. The van der Waals surface area contributed by atoms with Gasteiger partial charge in [0.15, 0.2) is 5.69 Å². The normalized spacial score (nSPS) is 10.7. The van der Waals surface area contributed by atoms with Gasteiger partial charge in [-0.2, -0.15) is 5.10 Å². The van der Waals surface area contributed by atoms with Crippen molar-refractivity contribution >= 4 is 27.5 Å². The summed E-state index contributed by atoms with van der Waals surface area (Å²) in [6.07, 6.45) is 4.62. The van der Waals surface area contributed by atoms with Gasteiger partial charge in [0.1, 0.15) is 5.75 Å². The van der Waals surface area contributed by atoms with Gasteiger partial charge in [-0.3, -0.25) is 14.9 Å². The first-order valence-electron chi connectivity index (χ1n) is 7.63. The molecule has 3 rings (SSSR count). The van der Waals surface area contributed by atoms with Crippen LogP contribution in [-0.2, 0) is 0 Å². The van der Waals surface area contributed by atoms with Crippen molar-refractivity contribution in [2.45, 2.75) is 19.8 Å². The van der Waals surface area contributed by atoms with E-state index in [0.29, 0.717) is 27.5 Å². The lowest BCUT2D eigenvalue weighted by atomic mass is 10.1. The zero-order chi connectivity index (χ0) is 17.8. The number of benzene rings is 1. The molecular weight excluding hydrogens is 386 g/mol. The Morgan fingerprint density at radius 2 is 2.16 bits per heavy atom. The summed E-state index contributed by atoms with van der Waals surface area (Å²) in [7, 11) is 0. The fourth-order valence-electron chi connectivity index (χ4n) is 2.16. The number of hydrogen-bond acceptors (Lipinski definition) is 5. The molecule has 0 fully saturated rings. The topological polar surface area (TPSA) is 92.8 Å². The molecule has 0 unspecified atom stereocenters. The van der Waals surface area contributed by atoms with Crippen LogP contribution in [0.5, 0.6) is 11.6 Å². The van der Waals surface area contributed by atoms with Crippen LogP contribution in [-0.4, -0.2) is 26.1 Å². The number of aromatic amines is 1. The quantitative estimate of drug-likeness (QED) is 0.670. The molecule has 0 spiro atoms. The maximum Gasteiger partial charge on any atom is 0.277 e. The van der Waals surface area contributed by atoms with E-state index in [1.165, 1.54) is 6.20 Å².